The van der Waals surface area contributed by atoms with Gasteiger partial charge in [-0.15, -0.1) is 0 Å². The number of nitrogens with zero attached hydrogens (tertiary/aromatic N) is 2. The van der Waals surface area contributed by atoms with Crippen molar-refractivity contribution in [1.82, 2.24) is 9.88 Å². The molecule has 0 aliphatic carbocycles. The van der Waals surface area contributed by atoms with Crippen LogP contribution in [0, 0.1) is 0 Å². The van der Waals surface area contributed by atoms with Crippen molar-refractivity contribution in [1.29, 1.82) is 0 Å². The summed E-state index contributed by atoms with van der Waals surface area (Å²) in [7, 11) is 3.64. The molecule has 0 radical (unpaired) electrons. The SMILES string of the molecule is CN(C)/C=C/C(=O)c1cc(-c2ccnc(N)c2)ccc1O. The highest BCUT2D eigenvalue weighted by molar-refractivity contribution is 6.07. The number of pyridine rings is 1. The van der Waals surface area contributed by atoms with E-state index in [2.05, 4.69) is 4.98 Å². The molecule has 21 heavy (non-hydrogen) atoms. The molecule has 1 aromatic heterocycles. The van der Waals surface area contributed by atoms with Gasteiger partial charge in [0.15, 0.2) is 5.78 Å². The van der Waals surface area contributed by atoms with Crippen molar-refractivity contribution < 1.29 is 9.90 Å². The second-order valence-corrected chi connectivity index (χ2v) is 4.84. The molecule has 5 nitrogen and oxygen atoms in total. The number of carbonyl (C=O) groups is 1. The van der Waals surface area contributed by atoms with E-state index in [1.807, 2.05) is 14.1 Å². The van der Waals surface area contributed by atoms with Gasteiger partial charge in [-0.1, -0.05) is 6.07 Å². The van der Waals surface area contributed by atoms with Crippen molar-refractivity contribution in [3.8, 4) is 16.9 Å². The number of rotatable bonds is 4. The zero-order chi connectivity index (χ0) is 15.4. The summed E-state index contributed by atoms with van der Waals surface area (Å²) in [6.45, 7) is 0. The van der Waals surface area contributed by atoms with Crippen LogP contribution in [0.2, 0.25) is 0 Å². The zero-order valence-corrected chi connectivity index (χ0v) is 11.9. The van der Waals surface area contributed by atoms with Crippen LogP contribution >= 0.6 is 0 Å². The number of aromatic nitrogens is 1. The lowest BCUT2D eigenvalue weighted by Gasteiger charge is -2.07. The molecular formula is C16H17N3O2. The topological polar surface area (TPSA) is 79.5 Å². The molecule has 108 valence electrons. The van der Waals surface area contributed by atoms with Gasteiger partial charge in [0.25, 0.3) is 0 Å². The van der Waals surface area contributed by atoms with Gasteiger partial charge < -0.3 is 15.7 Å². The van der Waals surface area contributed by atoms with Gasteiger partial charge >= 0.3 is 0 Å². The highest BCUT2D eigenvalue weighted by atomic mass is 16.3. The fourth-order valence-corrected chi connectivity index (χ4v) is 1.85. The van der Waals surface area contributed by atoms with Crippen molar-refractivity contribution in [2.75, 3.05) is 19.8 Å². The molecule has 3 N–H and O–H groups in total. The first-order valence-electron chi connectivity index (χ1n) is 6.41. The van der Waals surface area contributed by atoms with E-state index in [0.717, 1.165) is 11.1 Å². The molecule has 0 saturated heterocycles. The maximum absolute atomic E-state index is 12.1. The van der Waals surface area contributed by atoms with Crippen LogP contribution < -0.4 is 5.73 Å². The average molecular weight is 283 g/mol. The van der Waals surface area contributed by atoms with Gasteiger partial charge in [-0.2, -0.15) is 0 Å². The standard InChI is InChI=1S/C16H17N3O2/c1-19(2)8-6-15(21)13-9-11(3-4-14(13)20)12-5-7-18-16(17)10-12/h3-10,20H,1-2H3,(H2,17,18)/b8-6+. The van der Waals surface area contributed by atoms with Crippen LogP contribution in [0.4, 0.5) is 5.82 Å². The Morgan fingerprint density at radius 1 is 1.24 bits per heavy atom. The van der Waals surface area contributed by atoms with Crippen LogP contribution in [0.15, 0.2) is 48.8 Å². The van der Waals surface area contributed by atoms with Gasteiger partial charge in [-0.25, -0.2) is 4.98 Å². The van der Waals surface area contributed by atoms with Gasteiger partial charge in [-0.3, -0.25) is 4.79 Å². The van der Waals surface area contributed by atoms with E-state index in [1.54, 1.807) is 41.6 Å². The number of nitrogen functional groups attached to an aromatic ring is 1. The van der Waals surface area contributed by atoms with Gasteiger partial charge in [0.1, 0.15) is 11.6 Å². The molecule has 0 unspecified atom stereocenters. The van der Waals surface area contributed by atoms with Crippen LogP contribution in [0.5, 0.6) is 5.75 Å². The van der Waals surface area contributed by atoms with E-state index in [0.29, 0.717) is 5.82 Å². The number of carbonyl (C=O) groups excluding carboxylic acids is 1. The average Bonchev–Trinajstić information content (AvgIpc) is 2.45. The molecule has 0 saturated carbocycles. The van der Waals surface area contributed by atoms with Gasteiger partial charge in [0.05, 0.1) is 5.56 Å². The minimum atomic E-state index is -0.259. The second-order valence-electron chi connectivity index (χ2n) is 4.84. The summed E-state index contributed by atoms with van der Waals surface area (Å²) < 4.78 is 0. The number of hydrogen-bond acceptors (Lipinski definition) is 5. The lowest BCUT2D eigenvalue weighted by Crippen LogP contribution is -2.03. The monoisotopic (exact) mass is 283 g/mol. The van der Waals surface area contributed by atoms with E-state index in [9.17, 15) is 9.90 Å². The Bertz CT molecular complexity index is 694. The zero-order valence-electron chi connectivity index (χ0n) is 11.9. The number of ketones is 1. The largest absolute Gasteiger partial charge is 0.507 e. The maximum atomic E-state index is 12.1. The number of benzene rings is 1. The van der Waals surface area contributed by atoms with E-state index in [1.165, 1.54) is 12.1 Å². The Morgan fingerprint density at radius 2 is 1.95 bits per heavy atom. The van der Waals surface area contributed by atoms with Crippen molar-refractivity contribution in [2.24, 2.45) is 0 Å². The van der Waals surface area contributed by atoms with Crippen LogP contribution in [0.1, 0.15) is 10.4 Å². The smallest absolute Gasteiger partial charge is 0.191 e. The Labute approximate surface area is 123 Å². The first-order chi connectivity index (χ1) is 9.97. The molecule has 1 heterocycles. The Morgan fingerprint density at radius 3 is 2.62 bits per heavy atom. The molecule has 5 heteroatoms. The van der Waals surface area contributed by atoms with Crippen LogP contribution in [0.3, 0.4) is 0 Å². The van der Waals surface area contributed by atoms with Gasteiger partial charge in [-0.05, 0) is 35.4 Å². The van der Waals surface area contributed by atoms with Crippen LogP contribution in [0.25, 0.3) is 11.1 Å². The number of allylic oxidation sites excluding steroid dienone is 1. The predicted molar refractivity (Wildman–Crippen MR) is 82.9 cm³/mol. The van der Waals surface area contributed by atoms with E-state index in [4.69, 9.17) is 5.73 Å². The van der Waals surface area contributed by atoms with E-state index in [-0.39, 0.29) is 17.1 Å². The van der Waals surface area contributed by atoms with Gasteiger partial charge in [0.2, 0.25) is 0 Å². The number of hydrogen-bond donors (Lipinski definition) is 2. The molecule has 2 rings (SSSR count). The van der Waals surface area contributed by atoms with Gasteiger partial charge in [0, 0.05) is 32.6 Å². The van der Waals surface area contributed by atoms with E-state index < -0.39 is 0 Å². The third kappa shape index (κ3) is 3.60. The van der Waals surface area contributed by atoms with Crippen LogP contribution in [-0.2, 0) is 0 Å². The summed E-state index contributed by atoms with van der Waals surface area (Å²) in [5, 5.41) is 9.87. The lowest BCUT2D eigenvalue weighted by molar-refractivity contribution is 0.104. The van der Waals surface area contributed by atoms with Crippen LogP contribution in [-0.4, -0.2) is 34.9 Å². The summed E-state index contributed by atoms with van der Waals surface area (Å²) in [6, 6.07) is 8.40. The summed E-state index contributed by atoms with van der Waals surface area (Å²) >= 11 is 0. The first-order valence-corrected chi connectivity index (χ1v) is 6.41. The lowest BCUT2D eigenvalue weighted by atomic mass is 10.0. The highest BCUT2D eigenvalue weighted by Crippen LogP contribution is 2.27. The minimum Gasteiger partial charge on any atom is -0.507 e. The normalized spacial score (nSPS) is 10.8. The van der Waals surface area contributed by atoms with Crippen molar-refractivity contribution in [3.05, 3.63) is 54.4 Å². The molecule has 0 aliphatic heterocycles. The summed E-state index contributed by atoms with van der Waals surface area (Å²) in [5.41, 5.74) is 7.55. The molecule has 0 amide bonds. The summed E-state index contributed by atoms with van der Waals surface area (Å²) in [5.74, 6) is 0.0974. The molecule has 2 aromatic rings. The molecule has 0 spiro atoms. The van der Waals surface area contributed by atoms with Crippen molar-refractivity contribution >= 4 is 11.6 Å². The quantitative estimate of drug-likeness (QED) is 0.665. The third-order valence-electron chi connectivity index (χ3n) is 2.90. The Kier molecular flexibility index (Phi) is 4.23. The Balaban J connectivity index is 2.40. The summed E-state index contributed by atoms with van der Waals surface area (Å²) in [4.78, 5) is 17.8. The molecule has 0 bridgehead atoms. The third-order valence-corrected chi connectivity index (χ3v) is 2.90. The summed E-state index contributed by atoms with van der Waals surface area (Å²) in [6.07, 6.45) is 4.66. The molecule has 0 atom stereocenters. The number of nitrogens with two attached hydrogens (primary N) is 1. The molecule has 1 aromatic carbocycles. The maximum Gasteiger partial charge on any atom is 0.191 e. The number of aromatic hydroxyl groups is 1. The fourth-order valence-electron chi connectivity index (χ4n) is 1.85. The van der Waals surface area contributed by atoms with E-state index >= 15 is 0 Å². The fraction of sp³-hybridized carbons (Fsp3) is 0.125. The minimum absolute atomic E-state index is 0.0471. The van der Waals surface area contributed by atoms with Crippen molar-refractivity contribution in [2.45, 2.75) is 0 Å². The highest BCUT2D eigenvalue weighted by Gasteiger charge is 2.10. The predicted octanol–water partition coefficient (Wildman–Crippen LogP) is 2.29. The molecule has 0 aliphatic rings. The Hall–Kier alpha value is -2.82. The van der Waals surface area contributed by atoms with Crippen molar-refractivity contribution in [3.63, 3.8) is 0 Å². The number of anilines is 1. The first kappa shape index (κ1) is 14.6. The molecular weight excluding hydrogens is 266 g/mol. The second kappa shape index (κ2) is 6.09. The number of phenols is 1. The molecule has 0 fully saturated rings. The number of phenolic OH excluding ortho intramolecular Hbond substituents is 1.